The Bertz CT molecular complexity index is 849. The highest BCUT2D eigenvalue weighted by molar-refractivity contribution is 6.15. The Morgan fingerprint density at radius 2 is 1.88 bits per heavy atom. The van der Waals surface area contributed by atoms with Crippen LogP contribution in [0.3, 0.4) is 0 Å². The van der Waals surface area contributed by atoms with Gasteiger partial charge in [0.2, 0.25) is 17.7 Å². The number of nitrogens with zero attached hydrogens (tertiary/aromatic N) is 1. The van der Waals surface area contributed by atoms with E-state index < -0.39 is 17.4 Å². The summed E-state index contributed by atoms with van der Waals surface area (Å²) in [6.07, 6.45) is 0.701. The highest BCUT2D eigenvalue weighted by Crippen LogP contribution is 2.53. The average molecular weight is 355 g/mol. The lowest BCUT2D eigenvalue weighted by molar-refractivity contribution is -0.145. The molecule has 0 aromatic heterocycles. The monoisotopic (exact) mass is 355 g/mol. The Hall–Kier alpha value is -2.21. The Labute approximate surface area is 153 Å². The molecule has 2 fully saturated rings. The minimum atomic E-state index is -1.16. The summed E-state index contributed by atoms with van der Waals surface area (Å²) in [5.74, 6) is -1.81. The molecule has 1 aromatic carbocycles. The normalized spacial score (nSPS) is 33.7. The highest BCUT2D eigenvalue weighted by Gasteiger charge is 2.70. The largest absolute Gasteiger partial charge is 0.324 e. The number of carbonyl (C=O) groups excluding carboxylic acids is 3. The van der Waals surface area contributed by atoms with Crippen molar-refractivity contribution in [3.05, 3.63) is 28.8 Å². The van der Waals surface area contributed by atoms with Crippen molar-refractivity contribution in [2.75, 3.05) is 5.32 Å². The van der Waals surface area contributed by atoms with Gasteiger partial charge >= 0.3 is 0 Å². The molecule has 6 nitrogen and oxygen atoms in total. The second kappa shape index (κ2) is 5.39. The number of imide groups is 1. The van der Waals surface area contributed by atoms with E-state index in [-0.39, 0.29) is 29.8 Å². The third kappa shape index (κ3) is 1.83. The number of likely N-dealkylation sites (tertiary alicyclic amines) is 1. The molecule has 4 rings (SSSR count). The zero-order chi connectivity index (χ0) is 19.0. The van der Waals surface area contributed by atoms with Gasteiger partial charge in [0, 0.05) is 23.3 Å². The summed E-state index contributed by atoms with van der Waals surface area (Å²) in [5.41, 5.74) is 2.49. The first-order valence-corrected chi connectivity index (χ1v) is 9.32. The van der Waals surface area contributed by atoms with Crippen LogP contribution in [-0.4, -0.2) is 34.7 Å². The lowest BCUT2D eigenvalue weighted by Gasteiger charge is -2.30. The number of anilines is 1. The molecule has 2 N–H and O–H groups in total. The standard InChI is InChI=1S/C20H25N3O3/c1-6-10(3)23-17(24)14-12(5)22-20(15(14)18(23)25)13-8-7-9(2)11(4)16(13)21-19(20)26/h7-8,10,12,14-15,22H,6H2,1-5H3,(H,21,26)/t10-,12+,14+,15-,20+/m0/s1. The van der Waals surface area contributed by atoms with Gasteiger partial charge in [-0.05, 0) is 45.2 Å². The van der Waals surface area contributed by atoms with E-state index in [1.807, 2.05) is 46.8 Å². The van der Waals surface area contributed by atoms with Gasteiger partial charge in [0.05, 0.1) is 11.8 Å². The first-order chi connectivity index (χ1) is 12.3. The molecule has 3 heterocycles. The van der Waals surface area contributed by atoms with Gasteiger partial charge in [0.15, 0.2) is 0 Å². The summed E-state index contributed by atoms with van der Waals surface area (Å²) < 4.78 is 0. The second-order valence-electron chi connectivity index (χ2n) is 7.93. The van der Waals surface area contributed by atoms with E-state index in [1.54, 1.807) is 0 Å². The molecule has 26 heavy (non-hydrogen) atoms. The molecule has 1 aromatic rings. The number of hydrogen-bond donors (Lipinski definition) is 2. The minimum Gasteiger partial charge on any atom is -0.324 e. The van der Waals surface area contributed by atoms with Crippen LogP contribution >= 0.6 is 0 Å². The molecule has 0 aliphatic carbocycles. The van der Waals surface area contributed by atoms with Gasteiger partial charge in [-0.2, -0.15) is 0 Å². The Balaban J connectivity index is 1.90. The van der Waals surface area contributed by atoms with Gasteiger partial charge in [0.1, 0.15) is 5.54 Å². The molecule has 0 bridgehead atoms. The number of amides is 3. The summed E-state index contributed by atoms with van der Waals surface area (Å²) in [7, 11) is 0. The van der Waals surface area contributed by atoms with Crippen molar-refractivity contribution in [3.63, 3.8) is 0 Å². The molecule has 2 saturated heterocycles. The molecule has 3 aliphatic heterocycles. The van der Waals surface area contributed by atoms with Crippen LogP contribution in [0.2, 0.25) is 0 Å². The predicted octanol–water partition coefficient (Wildman–Crippen LogP) is 1.84. The summed E-state index contributed by atoms with van der Waals surface area (Å²) in [6.45, 7) is 9.70. The van der Waals surface area contributed by atoms with Crippen LogP contribution in [0.15, 0.2) is 12.1 Å². The summed E-state index contributed by atoms with van der Waals surface area (Å²) in [4.78, 5) is 40.9. The van der Waals surface area contributed by atoms with Crippen molar-refractivity contribution in [2.45, 2.75) is 58.7 Å². The molecule has 0 unspecified atom stereocenters. The van der Waals surface area contributed by atoms with E-state index in [0.717, 1.165) is 22.4 Å². The number of benzene rings is 1. The van der Waals surface area contributed by atoms with Gasteiger partial charge in [0.25, 0.3) is 0 Å². The van der Waals surface area contributed by atoms with Crippen LogP contribution in [-0.2, 0) is 19.9 Å². The predicted molar refractivity (Wildman–Crippen MR) is 97.4 cm³/mol. The van der Waals surface area contributed by atoms with Crippen molar-refractivity contribution in [2.24, 2.45) is 11.8 Å². The molecule has 3 aliphatic rings. The summed E-state index contributed by atoms with van der Waals surface area (Å²) in [6, 6.07) is 3.49. The zero-order valence-electron chi connectivity index (χ0n) is 15.8. The Morgan fingerprint density at radius 1 is 1.19 bits per heavy atom. The molecular formula is C20H25N3O3. The van der Waals surface area contributed by atoms with Crippen LogP contribution in [0.4, 0.5) is 5.69 Å². The van der Waals surface area contributed by atoms with Gasteiger partial charge in [-0.3, -0.25) is 24.6 Å². The minimum absolute atomic E-state index is 0.156. The third-order valence-electron chi connectivity index (χ3n) is 6.63. The summed E-state index contributed by atoms with van der Waals surface area (Å²) in [5, 5.41) is 6.32. The molecule has 0 radical (unpaired) electrons. The smallest absolute Gasteiger partial charge is 0.250 e. The van der Waals surface area contributed by atoms with Crippen LogP contribution in [0, 0.1) is 25.7 Å². The SMILES string of the molecule is CC[C@H](C)N1C(=O)[C@H]2[C@@H](C1=O)[C@@]1(N[C@@H]2C)C(=O)Nc2c1ccc(C)c2C. The van der Waals surface area contributed by atoms with E-state index in [4.69, 9.17) is 0 Å². The first kappa shape index (κ1) is 17.2. The molecule has 1 spiro atoms. The van der Waals surface area contributed by atoms with Crippen LogP contribution < -0.4 is 10.6 Å². The lowest BCUT2D eigenvalue weighted by Crippen LogP contribution is -2.53. The number of rotatable bonds is 2. The van der Waals surface area contributed by atoms with Crippen LogP contribution in [0.25, 0.3) is 0 Å². The molecule has 5 atom stereocenters. The third-order valence-corrected chi connectivity index (χ3v) is 6.63. The molecule has 0 saturated carbocycles. The van der Waals surface area contributed by atoms with Gasteiger partial charge in [-0.1, -0.05) is 19.1 Å². The maximum atomic E-state index is 13.3. The van der Waals surface area contributed by atoms with Crippen molar-refractivity contribution in [1.29, 1.82) is 0 Å². The van der Waals surface area contributed by atoms with Crippen molar-refractivity contribution in [3.8, 4) is 0 Å². The molecule has 3 amide bonds. The fourth-order valence-corrected chi connectivity index (χ4v) is 4.92. The molecule has 138 valence electrons. The maximum absolute atomic E-state index is 13.3. The fourth-order valence-electron chi connectivity index (χ4n) is 4.92. The van der Waals surface area contributed by atoms with E-state index in [2.05, 4.69) is 10.6 Å². The van der Waals surface area contributed by atoms with E-state index in [1.165, 1.54) is 4.90 Å². The van der Waals surface area contributed by atoms with Crippen LogP contribution in [0.1, 0.15) is 43.9 Å². The summed E-state index contributed by atoms with van der Waals surface area (Å²) >= 11 is 0. The average Bonchev–Trinajstić information content (AvgIpc) is 3.16. The lowest BCUT2D eigenvalue weighted by atomic mass is 9.76. The first-order valence-electron chi connectivity index (χ1n) is 9.32. The number of fused-ring (bicyclic) bond motifs is 4. The number of aryl methyl sites for hydroxylation is 1. The van der Waals surface area contributed by atoms with Crippen molar-refractivity contribution >= 4 is 23.4 Å². The number of hydrogen-bond acceptors (Lipinski definition) is 4. The van der Waals surface area contributed by atoms with E-state index in [9.17, 15) is 14.4 Å². The number of carbonyl (C=O) groups is 3. The molecule has 6 heteroatoms. The van der Waals surface area contributed by atoms with E-state index in [0.29, 0.717) is 6.42 Å². The number of nitrogens with one attached hydrogen (secondary N) is 2. The van der Waals surface area contributed by atoms with Gasteiger partial charge in [-0.25, -0.2) is 0 Å². The fraction of sp³-hybridized carbons (Fsp3) is 0.550. The van der Waals surface area contributed by atoms with Gasteiger partial charge in [-0.15, -0.1) is 0 Å². The van der Waals surface area contributed by atoms with Crippen LogP contribution in [0.5, 0.6) is 0 Å². The van der Waals surface area contributed by atoms with Gasteiger partial charge < -0.3 is 5.32 Å². The topological polar surface area (TPSA) is 78.5 Å². The molecular weight excluding hydrogens is 330 g/mol. The zero-order valence-corrected chi connectivity index (χ0v) is 15.8. The van der Waals surface area contributed by atoms with E-state index >= 15 is 0 Å². The Kier molecular flexibility index (Phi) is 3.57. The highest BCUT2D eigenvalue weighted by atomic mass is 16.2. The second-order valence-corrected chi connectivity index (χ2v) is 7.93. The maximum Gasteiger partial charge on any atom is 0.250 e. The Morgan fingerprint density at radius 3 is 2.54 bits per heavy atom. The quantitative estimate of drug-likeness (QED) is 0.794. The van der Waals surface area contributed by atoms with Crippen molar-refractivity contribution < 1.29 is 14.4 Å². The van der Waals surface area contributed by atoms with Crippen molar-refractivity contribution in [1.82, 2.24) is 10.2 Å².